The number of hydrogen-bond acceptors (Lipinski definition) is 10. The Hall–Kier alpha value is -2.59. The van der Waals surface area contributed by atoms with Gasteiger partial charge in [-0.3, -0.25) is 0 Å². The van der Waals surface area contributed by atoms with Crippen LogP contribution in [0.3, 0.4) is 0 Å². The molecule has 0 N–H and O–H groups in total. The lowest BCUT2D eigenvalue weighted by atomic mass is 10.0. The van der Waals surface area contributed by atoms with Crippen molar-refractivity contribution in [3.63, 3.8) is 0 Å². The van der Waals surface area contributed by atoms with Crippen LogP contribution in [0.5, 0.6) is 0 Å². The molecule has 3 fully saturated rings. The van der Waals surface area contributed by atoms with E-state index in [0.717, 1.165) is 44.4 Å². The molecule has 1 unspecified atom stereocenters. The fourth-order valence-corrected chi connectivity index (χ4v) is 4.28. The summed E-state index contributed by atoms with van der Waals surface area (Å²) in [5.74, 6) is 2.71. The highest BCUT2D eigenvalue weighted by molar-refractivity contribution is 5.56. The highest BCUT2D eigenvalue weighted by Gasteiger charge is 2.24. The van der Waals surface area contributed by atoms with Crippen LogP contribution in [0.25, 0.3) is 11.5 Å². The van der Waals surface area contributed by atoms with Crippen LogP contribution in [0.2, 0.25) is 0 Å². The molecule has 2 aromatic heterocycles. The summed E-state index contributed by atoms with van der Waals surface area (Å²) < 4.78 is 11.0. The number of rotatable bonds is 4. The number of hydrogen-bond donors (Lipinski definition) is 0. The minimum atomic E-state index is 0.440. The van der Waals surface area contributed by atoms with Gasteiger partial charge in [0.05, 0.1) is 26.4 Å². The summed E-state index contributed by atoms with van der Waals surface area (Å²) >= 11 is 0. The van der Waals surface area contributed by atoms with Gasteiger partial charge in [-0.1, -0.05) is 0 Å². The van der Waals surface area contributed by atoms with Crippen LogP contribution in [-0.2, 0) is 9.47 Å². The zero-order valence-corrected chi connectivity index (χ0v) is 18.1. The lowest BCUT2D eigenvalue weighted by molar-refractivity contribution is 0.121. The first-order chi connectivity index (χ1) is 15.3. The molecule has 3 saturated heterocycles. The minimum Gasteiger partial charge on any atom is -0.378 e. The van der Waals surface area contributed by atoms with E-state index in [2.05, 4.69) is 26.6 Å². The Bertz CT molecular complexity index is 849. The van der Waals surface area contributed by atoms with Crippen molar-refractivity contribution < 1.29 is 9.47 Å². The molecule has 0 saturated carbocycles. The number of piperidine rings is 1. The summed E-state index contributed by atoms with van der Waals surface area (Å²) in [6, 6.07) is 2.33. The van der Waals surface area contributed by atoms with Gasteiger partial charge in [-0.25, -0.2) is 9.97 Å². The second kappa shape index (κ2) is 9.27. The van der Waals surface area contributed by atoms with E-state index >= 15 is 0 Å². The summed E-state index contributed by atoms with van der Waals surface area (Å²) in [5.41, 5.74) is 0.731. The summed E-state index contributed by atoms with van der Waals surface area (Å²) in [6.07, 6.45) is 5.41. The molecule has 166 valence electrons. The maximum atomic E-state index is 5.51. The molecule has 10 nitrogen and oxygen atoms in total. The van der Waals surface area contributed by atoms with E-state index in [1.807, 2.05) is 12.3 Å². The molecule has 0 radical (unpaired) electrons. The van der Waals surface area contributed by atoms with Crippen LogP contribution < -0.4 is 14.7 Å². The van der Waals surface area contributed by atoms with Gasteiger partial charge in [0.2, 0.25) is 17.8 Å². The normalized spacial score (nSPS) is 22.6. The van der Waals surface area contributed by atoms with E-state index in [1.54, 1.807) is 0 Å². The van der Waals surface area contributed by atoms with Crippen molar-refractivity contribution in [2.75, 3.05) is 73.9 Å². The topological polar surface area (TPSA) is 92.6 Å². The van der Waals surface area contributed by atoms with Crippen molar-refractivity contribution in [1.29, 1.82) is 0 Å². The van der Waals surface area contributed by atoms with Crippen molar-refractivity contribution in [2.24, 2.45) is 0 Å². The van der Waals surface area contributed by atoms with Gasteiger partial charge in [-0.05, 0) is 32.3 Å². The van der Waals surface area contributed by atoms with Crippen molar-refractivity contribution >= 4 is 17.8 Å². The first-order valence-electron chi connectivity index (χ1n) is 11.3. The zero-order valence-electron chi connectivity index (χ0n) is 18.1. The average Bonchev–Trinajstić information content (AvgIpc) is 2.85. The minimum absolute atomic E-state index is 0.440. The molecule has 10 heteroatoms. The van der Waals surface area contributed by atoms with Crippen LogP contribution in [-0.4, -0.2) is 90.1 Å². The molecule has 5 rings (SSSR count). The second-order valence-electron chi connectivity index (χ2n) is 8.24. The van der Waals surface area contributed by atoms with Crippen LogP contribution >= 0.6 is 0 Å². The molecule has 0 spiro atoms. The lowest BCUT2D eigenvalue weighted by Crippen LogP contribution is -2.40. The molecule has 31 heavy (non-hydrogen) atoms. The van der Waals surface area contributed by atoms with E-state index in [1.165, 1.54) is 19.3 Å². The molecule has 0 bridgehead atoms. The van der Waals surface area contributed by atoms with Gasteiger partial charge in [0.25, 0.3) is 0 Å². The standard InChI is InChI=1S/C21H30N8O2/c1-16-4-2-3-7-29(16)19-22-6-5-17(23-19)18-24-20(27-8-12-30-13-9-27)26-21(25-18)28-10-14-31-15-11-28/h5-6,16H,2-4,7-15H2,1H3. The number of ether oxygens (including phenoxy) is 2. The van der Waals surface area contributed by atoms with E-state index in [0.29, 0.717) is 50.2 Å². The molecule has 3 aliphatic heterocycles. The highest BCUT2D eigenvalue weighted by Crippen LogP contribution is 2.25. The van der Waals surface area contributed by atoms with Crippen LogP contribution in [0.1, 0.15) is 26.2 Å². The van der Waals surface area contributed by atoms with Crippen molar-refractivity contribution in [3.8, 4) is 11.5 Å². The fourth-order valence-electron chi connectivity index (χ4n) is 4.28. The van der Waals surface area contributed by atoms with Gasteiger partial charge in [0, 0.05) is 45.0 Å². The molecular formula is C21H30N8O2. The van der Waals surface area contributed by atoms with E-state index in [9.17, 15) is 0 Å². The molecule has 5 heterocycles. The second-order valence-corrected chi connectivity index (χ2v) is 8.24. The predicted octanol–water partition coefficient (Wildman–Crippen LogP) is 1.38. The van der Waals surface area contributed by atoms with Gasteiger partial charge < -0.3 is 24.2 Å². The zero-order chi connectivity index (χ0) is 21.0. The molecule has 0 aromatic carbocycles. The summed E-state index contributed by atoms with van der Waals surface area (Å²) in [5, 5.41) is 0. The van der Waals surface area contributed by atoms with Crippen LogP contribution in [0, 0.1) is 0 Å². The largest absolute Gasteiger partial charge is 0.378 e. The quantitative estimate of drug-likeness (QED) is 0.714. The Morgan fingerprint density at radius 1 is 0.774 bits per heavy atom. The van der Waals surface area contributed by atoms with E-state index in [-0.39, 0.29) is 0 Å². The molecule has 3 aliphatic rings. The molecule has 0 amide bonds. The predicted molar refractivity (Wildman–Crippen MR) is 118 cm³/mol. The maximum absolute atomic E-state index is 5.51. The van der Waals surface area contributed by atoms with Crippen LogP contribution in [0.15, 0.2) is 12.3 Å². The maximum Gasteiger partial charge on any atom is 0.230 e. The highest BCUT2D eigenvalue weighted by atomic mass is 16.5. The van der Waals surface area contributed by atoms with Gasteiger partial charge in [-0.2, -0.15) is 15.0 Å². The van der Waals surface area contributed by atoms with Crippen molar-refractivity contribution in [1.82, 2.24) is 24.9 Å². The molecule has 2 aromatic rings. The molecule has 1 atom stereocenters. The Kier molecular flexibility index (Phi) is 6.08. The van der Waals surface area contributed by atoms with Crippen molar-refractivity contribution in [3.05, 3.63) is 12.3 Å². The van der Waals surface area contributed by atoms with Gasteiger partial charge in [0.15, 0.2) is 5.82 Å². The third-order valence-electron chi connectivity index (χ3n) is 6.13. The van der Waals surface area contributed by atoms with Gasteiger partial charge >= 0.3 is 0 Å². The summed E-state index contributed by atoms with van der Waals surface area (Å²) in [6.45, 7) is 9.02. The third-order valence-corrected chi connectivity index (χ3v) is 6.13. The Morgan fingerprint density at radius 2 is 1.42 bits per heavy atom. The number of morpholine rings is 2. The SMILES string of the molecule is CC1CCCCN1c1nccc(-c2nc(N3CCOCC3)nc(N3CCOCC3)n2)n1. The fraction of sp³-hybridized carbons (Fsp3) is 0.667. The molecule has 0 aliphatic carbocycles. The van der Waals surface area contributed by atoms with Crippen molar-refractivity contribution in [2.45, 2.75) is 32.2 Å². The smallest absolute Gasteiger partial charge is 0.230 e. The van der Waals surface area contributed by atoms with E-state index in [4.69, 9.17) is 29.4 Å². The monoisotopic (exact) mass is 426 g/mol. The summed E-state index contributed by atoms with van der Waals surface area (Å²) in [4.78, 5) is 30.4. The van der Waals surface area contributed by atoms with E-state index < -0.39 is 0 Å². The molecular weight excluding hydrogens is 396 g/mol. The Morgan fingerprint density at radius 3 is 2.03 bits per heavy atom. The lowest BCUT2D eigenvalue weighted by Gasteiger charge is -2.33. The van der Waals surface area contributed by atoms with Crippen LogP contribution in [0.4, 0.5) is 17.8 Å². The Labute approximate surface area is 182 Å². The Balaban J connectivity index is 1.50. The number of nitrogens with zero attached hydrogens (tertiary/aromatic N) is 8. The number of aromatic nitrogens is 5. The first-order valence-corrected chi connectivity index (χ1v) is 11.3. The summed E-state index contributed by atoms with van der Waals surface area (Å²) in [7, 11) is 0. The number of anilines is 3. The third kappa shape index (κ3) is 4.54. The van der Waals surface area contributed by atoms with Gasteiger partial charge in [0.1, 0.15) is 5.69 Å². The average molecular weight is 427 g/mol. The van der Waals surface area contributed by atoms with Gasteiger partial charge in [-0.15, -0.1) is 0 Å². The first kappa shape index (κ1) is 20.3.